The average Bonchev–Trinajstić information content (AvgIpc) is 2.91. The summed E-state index contributed by atoms with van der Waals surface area (Å²) in [5, 5.41) is 17.4. The van der Waals surface area contributed by atoms with Gasteiger partial charge in [0.05, 0.1) is 19.6 Å². The van der Waals surface area contributed by atoms with Crippen molar-refractivity contribution < 1.29 is 38.6 Å². The Morgan fingerprint density at radius 1 is 0.780 bits per heavy atom. The number of benzene rings is 2. The number of hydrogen-bond donors (Lipinski definition) is 4. The van der Waals surface area contributed by atoms with E-state index in [1.54, 1.807) is 32.9 Å². The van der Waals surface area contributed by atoms with Gasteiger partial charge in [0.15, 0.2) is 5.78 Å². The summed E-state index contributed by atoms with van der Waals surface area (Å²) >= 11 is 0. The molecule has 0 aliphatic carbocycles. The van der Waals surface area contributed by atoms with Crippen LogP contribution in [0, 0.1) is 0 Å². The number of phenolic OH excluding ortho intramolecular Hbond substituents is 1. The van der Waals surface area contributed by atoms with Gasteiger partial charge in [-0.05, 0) is 57.4 Å². The summed E-state index contributed by atoms with van der Waals surface area (Å²) in [7, 11) is 1.23. The standard InChI is InChI=1S/C30H39N3O8/c1-19(27(37)32-23(17-20-9-7-6-8-10-20)25(35)15-16-26(36)40-5)31-28(38)24(33-29(39)41-30(2,3)4)18-21-11-13-22(34)14-12-21/h6-14,19,23-24,34H,15-18H2,1-5H3,(H,31,38)(H,32,37)(H,33,39). The number of carbonyl (C=O) groups excluding carboxylic acids is 5. The molecule has 2 aromatic carbocycles. The van der Waals surface area contributed by atoms with Crippen LogP contribution in [0.4, 0.5) is 4.79 Å². The maximum Gasteiger partial charge on any atom is 0.408 e. The molecule has 11 nitrogen and oxygen atoms in total. The van der Waals surface area contributed by atoms with Gasteiger partial charge in [0.2, 0.25) is 11.8 Å². The molecule has 3 unspecified atom stereocenters. The van der Waals surface area contributed by atoms with Gasteiger partial charge in [-0.1, -0.05) is 42.5 Å². The number of amides is 3. The first-order valence-corrected chi connectivity index (χ1v) is 13.3. The lowest BCUT2D eigenvalue weighted by atomic mass is 9.99. The third-order valence-electron chi connectivity index (χ3n) is 5.93. The number of phenols is 1. The topological polar surface area (TPSA) is 160 Å². The SMILES string of the molecule is COC(=O)CCC(=O)C(Cc1ccccc1)NC(=O)C(C)NC(=O)C(Cc1ccc(O)cc1)NC(=O)OC(C)(C)C. The molecule has 4 N–H and O–H groups in total. The van der Waals surface area contributed by atoms with Crippen molar-refractivity contribution in [1.29, 1.82) is 0 Å². The Hall–Kier alpha value is -4.41. The Kier molecular flexibility index (Phi) is 12.3. The number of alkyl carbamates (subject to hydrolysis) is 1. The molecule has 2 aromatic rings. The molecular formula is C30H39N3O8. The molecular weight excluding hydrogens is 530 g/mol. The third kappa shape index (κ3) is 12.1. The van der Waals surface area contributed by atoms with E-state index in [-0.39, 0.29) is 37.2 Å². The molecule has 3 amide bonds. The van der Waals surface area contributed by atoms with Gasteiger partial charge < -0.3 is 30.5 Å². The van der Waals surface area contributed by atoms with Gasteiger partial charge in [0.25, 0.3) is 0 Å². The monoisotopic (exact) mass is 569 g/mol. The first-order chi connectivity index (χ1) is 19.3. The van der Waals surface area contributed by atoms with E-state index in [0.29, 0.717) is 5.56 Å². The second kappa shape index (κ2) is 15.4. The molecule has 0 heterocycles. The minimum absolute atomic E-state index is 0.0475. The van der Waals surface area contributed by atoms with Crippen molar-refractivity contribution in [2.45, 2.75) is 77.1 Å². The van der Waals surface area contributed by atoms with Crippen LogP contribution in [0.3, 0.4) is 0 Å². The number of rotatable bonds is 13. The number of methoxy groups -OCH3 is 1. The molecule has 0 radical (unpaired) electrons. The predicted molar refractivity (Wildman–Crippen MR) is 151 cm³/mol. The van der Waals surface area contributed by atoms with Crippen LogP contribution in [-0.4, -0.2) is 65.6 Å². The van der Waals surface area contributed by atoms with Crippen LogP contribution in [0.2, 0.25) is 0 Å². The fraction of sp³-hybridized carbons (Fsp3) is 0.433. The lowest BCUT2D eigenvalue weighted by molar-refractivity contribution is -0.142. The first kappa shape index (κ1) is 32.8. The molecule has 0 saturated heterocycles. The Morgan fingerprint density at radius 3 is 1.95 bits per heavy atom. The molecule has 0 aromatic heterocycles. The zero-order chi connectivity index (χ0) is 30.6. The maximum absolute atomic E-state index is 13.2. The zero-order valence-corrected chi connectivity index (χ0v) is 24.1. The molecule has 0 saturated carbocycles. The van der Waals surface area contributed by atoms with E-state index in [1.165, 1.54) is 26.2 Å². The fourth-order valence-corrected chi connectivity index (χ4v) is 3.80. The summed E-state index contributed by atoms with van der Waals surface area (Å²) in [4.78, 5) is 63.3. The molecule has 0 aliphatic rings. The summed E-state index contributed by atoms with van der Waals surface area (Å²) in [6.45, 7) is 6.52. The highest BCUT2D eigenvalue weighted by molar-refractivity contribution is 5.95. The number of ether oxygens (including phenoxy) is 2. The van der Waals surface area contributed by atoms with Crippen LogP contribution >= 0.6 is 0 Å². The lowest BCUT2D eigenvalue weighted by Crippen LogP contribution is -2.55. The van der Waals surface area contributed by atoms with Crippen LogP contribution in [0.25, 0.3) is 0 Å². The van der Waals surface area contributed by atoms with E-state index < -0.39 is 47.6 Å². The molecule has 2 rings (SSSR count). The van der Waals surface area contributed by atoms with E-state index >= 15 is 0 Å². The summed E-state index contributed by atoms with van der Waals surface area (Å²) in [5.41, 5.74) is 0.650. The van der Waals surface area contributed by atoms with E-state index in [9.17, 15) is 29.1 Å². The highest BCUT2D eigenvalue weighted by Crippen LogP contribution is 2.13. The number of ketones is 1. The molecule has 11 heteroatoms. The van der Waals surface area contributed by atoms with Crippen molar-refractivity contribution in [3.05, 3.63) is 65.7 Å². The normalized spacial score (nSPS) is 13.2. The molecule has 41 heavy (non-hydrogen) atoms. The Balaban J connectivity index is 2.14. The van der Waals surface area contributed by atoms with Gasteiger partial charge in [0.1, 0.15) is 23.4 Å². The Bertz CT molecular complexity index is 1190. The van der Waals surface area contributed by atoms with Crippen LogP contribution < -0.4 is 16.0 Å². The Morgan fingerprint density at radius 2 is 1.37 bits per heavy atom. The summed E-state index contributed by atoms with van der Waals surface area (Å²) in [6, 6.07) is 12.1. The number of nitrogens with one attached hydrogen (secondary N) is 3. The van der Waals surface area contributed by atoms with Crippen molar-refractivity contribution in [1.82, 2.24) is 16.0 Å². The van der Waals surface area contributed by atoms with E-state index in [4.69, 9.17) is 4.74 Å². The van der Waals surface area contributed by atoms with E-state index in [0.717, 1.165) is 5.56 Å². The van der Waals surface area contributed by atoms with Crippen LogP contribution in [0.15, 0.2) is 54.6 Å². The molecule has 0 spiro atoms. The quantitative estimate of drug-likeness (QED) is 0.268. The van der Waals surface area contributed by atoms with Crippen molar-refractivity contribution in [3.63, 3.8) is 0 Å². The number of hydrogen-bond acceptors (Lipinski definition) is 8. The lowest BCUT2D eigenvalue weighted by Gasteiger charge is -2.25. The van der Waals surface area contributed by atoms with Crippen LogP contribution in [-0.2, 0) is 41.5 Å². The third-order valence-corrected chi connectivity index (χ3v) is 5.93. The van der Waals surface area contributed by atoms with Crippen molar-refractivity contribution in [2.24, 2.45) is 0 Å². The number of carbonyl (C=O) groups is 5. The van der Waals surface area contributed by atoms with Gasteiger partial charge in [-0.25, -0.2) is 4.79 Å². The molecule has 3 atom stereocenters. The van der Waals surface area contributed by atoms with Crippen molar-refractivity contribution in [2.75, 3.05) is 7.11 Å². The highest BCUT2D eigenvalue weighted by Gasteiger charge is 2.29. The molecule has 0 aliphatic heterocycles. The average molecular weight is 570 g/mol. The summed E-state index contributed by atoms with van der Waals surface area (Å²) < 4.78 is 9.90. The zero-order valence-electron chi connectivity index (χ0n) is 24.1. The van der Waals surface area contributed by atoms with Gasteiger partial charge >= 0.3 is 12.1 Å². The van der Waals surface area contributed by atoms with Gasteiger partial charge in [-0.2, -0.15) is 0 Å². The van der Waals surface area contributed by atoms with E-state index in [1.807, 2.05) is 30.3 Å². The largest absolute Gasteiger partial charge is 0.508 e. The number of Topliss-reactive ketones (excluding diaryl/α,β-unsaturated/α-hetero) is 1. The Labute approximate surface area is 240 Å². The smallest absolute Gasteiger partial charge is 0.408 e. The van der Waals surface area contributed by atoms with Crippen LogP contribution in [0.5, 0.6) is 5.75 Å². The van der Waals surface area contributed by atoms with Crippen molar-refractivity contribution >= 4 is 29.7 Å². The summed E-state index contributed by atoms with van der Waals surface area (Å²) in [6.07, 6.45) is -0.815. The number of aromatic hydroxyl groups is 1. The van der Waals surface area contributed by atoms with Gasteiger partial charge in [-0.15, -0.1) is 0 Å². The van der Waals surface area contributed by atoms with Gasteiger partial charge in [0, 0.05) is 12.8 Å². The fourth-order valence-electron chi connectivity index (χ4n) is 3.80. The van der Waals surface area contributed by atoms with Crippen molar-refractivity contribution in [3.8, 4) is 5.75 Å². The molecule has 222 valence electrons. The first-order valence-electron chi connectivity index (χ1n) is 13.3. The maximum atomic E-state index is 13.2. The number of esters is 1. The van der Waals surface area contributed by atoms with E-state index in [2.05, 4.69) is 20.7 Å². The molecule has 0 fully saturated rings. The van der Waals surface area contributed by atoms with Crippen LogP contribution in [0.1, 0.15) is 51.7 Å². The molecule has 0 bridgehead atoms. The predicted octanol–water partition coefficient (Wildman–Crippen LogP) is 2.58. The summed E-state index contributed by atoms with van der Waals surface area (Å²) in [5.74, 6) is -2.12. The van der Waals surface area contributed by atoms with Gasteiger partial charge in [-0.3, -0.25) is 19.2 Å². The second-order valence-corrected chi connectivity index (χ2v) is 10.6. The minimum atomic E-state index is -1.11. The highest BCUT2D eigenvalue weighted by atomic mass is 16.6. The minimum Gasteiger partial charge on any atom is -0.508 e. The second-order valence-electron chi connectivity index (χ2n) is 10.6.